The molecule has 1 aromatic carbocycles. The van der Waals surface area contributed by atoms with E-state index in [4.69, 9.17) is 14.3 Å². The number of aromatic nitrogens is 2. The molecule has 7 heteroatoms. The number of rotatable bonds is 2. The number of hydrogen-bond acceptors (Lipinski definition) is 4. The van der Waals surface area contributed by atoms with Crippen LogP contribution in [0.3, 0.4) is 0 Å². The molecule has 26 heavy (non-hydrogen) atoms. The Balaban J connectivity index is 1.64. The van der Waals surface area contributed by atoms with Gasteiger partial charge in [0.25, 0.3) is 0 Å². The van der Waals surface area contributed by atoms with Gasteiger partial charge in [-0.05, 0) is 58.1 Å². The van der Waals surface area contributed by atoms with Gasteiger partial charge in [0, 0.05) is 13.5 Å². The number of fused-ring (bicyclic) bond motifs is 1. The number of H-pyrrole nitrogens is 1. The van der Waals surface area contributed by atoms with E-state index in [1.807, 2.05) is 23.1 Å². The molecule has 4 rings (SSSR count). The second-order valence-corrected chi connectivity index (χ2v) is 8.36. The molecule has 3 heterocycles. The van der Waals surface area contributed by atoms with E-state index in [-0.39, 0.29) is 23.2 Å². The summed E-state index contributed by atoms with van der Waals surface area (Å²) in [4.78, 5) is 21.9. The Bertz CT molecular complexity index is 845. The number of carbonyl (C=O) groups excluding carboxylic acids is 1. The van der Waals surface area contributed by atoms with E-state index in [2.05, 4.69) is 32.7 Å². The van der Waals surface area contributed by atoms with E-state index in [1.54, 1.807) is 6.92 Å². The number of amides is 1. The van der Waals surface area contributed by atoms with Gasteiger partial charge in [-0.1, -0.05) is 6.07 Å². The molecule has 0 radical (unpaired) electrons. The van der Waals surface area contributed by atoms with E-state index in [1.165, 1.54) is 0 Å². The molecule has 1 amide bonds. The fraction of sp³-hybridized carbons (Fsp3) is 0.579. The van der Waals surface area contributed by atoms with Crippen molar-refractivity contribution in [3.05, 3.63) is 24.0 Å². The maximum absolute atomic E-state index is 11.8. The third-order valence-electron chi connectivity index (χ3n) is 6.02. The first-order valence-electron chi connectivity index (χ1n) is 9.30. The molecule has 2 saturated heterocycles. The molecule has 1 aromatic heterocycles. The first-order chi connectivity index (χ1) is 12.2. The number of likely N-dealkylation sites (tertiary alicyclic amines) is 1. The van der Waals surface area contributed by atoms with Crippen LogP contribution in [0.15, 0.2) is 18.2 Å². The number of hydrogen-bond donors (Lipinski definition) is 1. The molecule has 0 aliphatic carbocycles. The summed E-state index contributed by atoms with van der Waals surface area (Å²) in [6.07, 6.45) is 1.96. The van der Waals surface area contributed by atoms with Gasteiger partial charge in [-0.3, -0.25) is 4.79 Å². The van der Waals surface area contributed by atoms with E-state index in [9.17, 15) is 4.79 Å². The summed E-state index contributed by atoms with van der Waals surface area (Å²) in [6.45, 7) is 10.6. The molecule has 138 valence electrons. The fourth-order valence-corrected chi connectivity index (χ4v) is 3.76. The van der Waals surface area contributed by atoms with Crippen LogP contribution in [0.4, 0.5) is 0 Å². The third kappa shape index (κ3) is 2.74. The normalized spacial score (nSPS) is 24.6. The first kappa shape index (κ1) is 17.6. The highest BCUT2D eigenvalue weighted by atomic mass is 16.7. The van der Waals surface area contributed by atoms with Crippen LogP contribution in [0, 0.1) is 0 Å². The van der Waals surface area contributed by atoms with Crippen molar-refractivity contribution in [1.29, 1.82) is 0 Å². The second kappa shape index (κ2) is 5.82. The highest BCUT2D eigenvalue weighted by Gasteiger charge is 2.51. The summed E-state index contributed by atoms with van der Waals surface area (Å²) in [5.74, 6) is 0.963. The zero-order valence-corrected chi connectivity index (χ0v) is 16.1. The van der Waals surface area contributed by atoms with Crippen molar-refractivity contribution >= 4 is 29.5 Å². The predicted octanol–water partition coefficient (Wildman–Crippen LogP) is 2.55. The van der Waals surface area contributed by atoms with Gasteiger partial charge in [0.05, 0.1) is 28.3 Å². The van der Waals surface area contributed by atoms with E-state index in [0.29, 0.717) is 0 Å². The molecule has 0 bridgehead atoms. The number of aromatic amines is 1. The SMILES string of the molecule is CC(=O)N1CCC[C@H]1c1nc2ccc(B3OC(C)(C)C(C)(C)O3)cc2[nH]1. The maximum atomic E-state index is 11.8. The van der Waals surface area contributed by atoms with Crippen LogP contribution in [-0.4, -0.2) is 45.6 Å². The van der Waals surface area contributed by atoms with Crippen molar-refractivity contribution < 1.29 is 14.1 Å². The quantitative estimate of drug-likeness (QED) is 0.841. The van der Waals surface area contributed by atoms with E-state index >= 15 is 0 Å². The summed E-state index contributed by atoms with van der Waals surface area (Å²) < 4.78 is 12.3. The van der Waals surface area contributed by atoms with Crippen LogP contribution in [0.25, 0.3) is 11.0 Å². The van der Waals surface area contributed by atoms with Crippen molar-refractivity contribution in [2.24, 2.45) is 0 Å². The third-order valence-corrected chi connectivity index (χ3v) is 6.02. The van der Waals surface area contributed by atoms with Crippen LogP contribution in [0.1, 0.15) is 59.3 Å². The molecule has 6 nitrogen and oxygen atoms in total. The van der Waals surface area contributed by atoms with Crippen molar-refractivity contribution in [2.45, 2.75) is 64.7 Å². The van der Waals surface area contributed by atoms with Crippen LogP contribution in [0.5, 0.6) is 0 Å². The summed E-state index contributed by atoms with van der Waals surface area (Å²) in [5, 5.41) is 0. The average Bonchev–Trinajstić information content (AvgIpc) is 3.23. The lowest BCUT2D eigenvalue weighted by molar-refractivity contribution is -0.129. The predicted molar refractivity (Wildman–Crippen MR) is 101 cm³/mol. The lowest BCUT2D eigenvalue weighted by Gasteiger charge is -2.32. The van der Waals surface area contributed by atoms with Crippen LogP contribution in [0.2, 0.25) is 0 Å². The molecule has 0 unspecified atom stereocenters. The number of nitrogens with zero attached hydrogens (tertiary/aromatic N) is 2. The van der Waals surface area contributed by atoms with Gasteiger partial charge in [0.2, 0.25) is 5.91 Å². The molecular formula is C19H26BN3O3. The van der Waals surface area contributed by atoms with Gasteiger partial charge in [0.15, 0.2) is 0 Å². The monoisotopic (exact) mass is 355 g/mol. The minimum atomic E-state index is -0.392. The molecule has 2 aliphatic heterocycles. The van der Waals surface area contributed by atoms with E-state index in [0.717, 1.165) is 41.7 Å². The number of imidazole rings is 1. The zero-order valence-electron chi connectivity index (χ0n) is 16.1. The average molecular weight is 355 g/mol. The summed E-state index contributed by atoms with van der Waals surface area (Å²) in [7, 11) is -0.392. The van der Waals surface area contributed by atoms with Gasteiger partial charge in [-0.15, -0.1) is 0 Å². The largest absolute Gasteiger partial charge is 0.494 e. The molecule has 1 N–H and O–H groups in total. The highest BCUT2D eigenvalue weighted by molar-refractivity contribution is 6.62. The number of carbonyl (C=O) groups is 1. The molecule has 2 aliphatic rings. The first-order valence-corrected chi connectivity index (χ1v) is 9.30. The molecule has 0 spiro atoms. The Morgan fingerprint density at radius 3 is 2.62 bits per heavy atom. The molecule has 0 saturated carbocycles. The molecule has 1 atom stereocenters. The molecular weight excluding hydrogens is 329 g/mol. The lowest BCUT2D eigenvalue weighted by atomic mass is 9.79. The lowest BCUT2D eigenvalue weighted by Crippen LogP contribution is -2.41. The summed E-state index contributed by atoms with van der Waals surface area (Å²) in [5.41, 5.74) is 2.09. The number of benzene rings is 1. The Kier molecular flexibility index (Phi) is 3.93. The smallest absolute Gasteiger partial charge is 0.399 e. The fourth-order valence-electron chi connectivity index (χ4n) is 3.76. The minimum Gasteiger partial charge on any atom is -0.399 e. The number of nitrogens with one attached hydrogen (secondary N) is 1. The van der Waals surface area contributed by atoms with E-state index < -0.39 is 7.12 Å². The zero-order chi connectivity index (χ0) is 18.7. The molecule has 2 aromatic rings. The summed E-state index contributed by atoms with van der Waals surface area (Å²) in [6, 6.07) is 6.08. The highest BCUT2D eigenvalue weighted by Crippen LogP contribution is 2.37. The van der Waals surface area contributed by atoms with Gasteiger partial charge in [-0.2, -0.15) is 0 Å². The van der Waals surface area contributed by atoms with Gasteiger partial charge in [-0.25, -0.2) is 4.98 Å². The van der Waals surface area contributed by atoms with Crippen molar-refractivity contribution in [2.75, 3.05) is 6.54 Å². The maximum Gasteiger partial charge on any atom is 0.494 e. The van der Waals surface area contributed by atoms with Crippen LogP contribution < -0.4 is 5.46 Å². The topological polar surface area (TPSA) is 67.5 Å². The molecule has 2 fully saturated rings. The minimum absolute atomic E-state index is 0.0418. The van der Waals surface area contributed by atoms with Crippen molar-refractivity contribution in [3.63, 3.8) is 0 Å². The van der Waals surface area contributed by atoms with Crippen LogP contribution >= 0.6 is 0 Å². The Hall–Kier alpha value is -1.86. The summed E-state index contributed by atoms with van der Waals surface area (Å²) >= 11 is 0. The Morgan fingerprint density at radius 1 is 1.27 bits per heavy atom. The second-order valence-electron chi connectivity index (χ2n) is 8.36. The standard InChI is InChI=1S/C19H26BN3O3/c1-12(24)23-10-6-7-16(23)17-21-14-9-8-13(11-15(14)22-17)20-25-18(2,3)19(4,5)26-20/h8-9,11,16H,6-7,10H2,1-5H3,(H,21,22)/t16-/m0/s1. The van der Waals surface area contributed by atoms with Crippen LogP contribution in [-0.2, 0) is 14.1 Å². The Morgan fingerprint density at radius 2 is 1.96 bits per heavy atom. The Labute approximate surface area is 154 Å². The van der Waals surface area contributed by atoms with Crippen molar-refractivity contribution in [3.8, 4) is 0 Å². The van der Waals surface area contributed by atoms with Gasteiger partial charge < -0.3 is 19.2 Å². The van der Waals surface area contributed by atoms with Gasteiger partial charge >= 0.3 is 7.12 Å². The van der Waals surface area contributed by atoms with Crippen molar-refractivity contribution in [1.82, 2.24) is 14.9 Å². The van der Waals surface area contributed by atoms with Gasteiger partial charge in [0.1, 0.15) is 5.82 Å².